The van der Waals surface area contributed by atoms with Crippen LogP contribution in [0.4, 0.5) is 0 Å². The molecule has 0 spiro atoms. The van der Waals surface area contributed by atoms with Crippen molar-refractivity contribution in [3.05, 3.63) is 33.4 Å². The normalized spacial score (nSPS) is 26.4. The second-order valence-corrected chi connectivity index (χ2v) is 6.14. The Morgan fingerprint density at radius 2 is 1.75 bits per heavy atom. The van der Waals surface area contributed by atoms with Gasteiger partial charge in [0.1, 0.15) is 0 Å². The molecule has 2 N–H and O–H groups in total. The van der Waals surface area contributed by atoms with Crippen molar-refractivity contribution in [2.24, 2.45) is 11.7 Å². The van der Waals surface area contributed by atoms with Crippen LogP contribution in [-0.4, -0.2) is 6.04 Å². The van der Waals surface area contributed by atoms with Crippen LogP contribution in [-0.2, 0) is 6.42 Å². The van der Waals surface area contributed by atoms with Crippen molar-refractivity contribution in [3.63, 3.8) is 0 Å². The second-order valence-electron chi connectivity index (χ2n) is 4.89. The van der Waals surface area contributed by atoms with Crippen LogP contribution in [0.5, 0.6) is 0 Å². The molecule has 0 saturated heterocycles. The van der Waals surface area contributed by atoms with E-state index < -0.39 is 0 Å². The fourth-order valence-corrected chi connectivity index (χ4v) is 2.95. The van der Waals surface area contributed by atoms with Gasteiger partial charge in [0.05, 0.1) is 0 Å². The summed E-state index contributed by atoms with van der Waals surface area (Å²) < 4.78 is 1.31. The van der Waals surface area contributed by atoms with Crippen LogP contribution in [0.2, 0.25) is 0 Å². The maximum atomic E-state index is 6.26. The Morgan fingerprint density at radius 3 is 2.50 bits per heavy atom. The summed E-state index contributed by atoms with van der Waals surface area (Å²) in [4.78, 5) is 0. The highest BCUT2D eigenvalue weighted by molar-refractivity contribution is 14.1. The summed E-state index contributed by atoms with van der Waals surface area (Å²) in [7, 11) is 0. The predicted molar refractivity (Wildman–Crippen MR) is 77.4 cm³/mol. The van der Waals surface area contributed by atoms with Crippen LogP contribution in [0.3, 0.4) is 0 Å². The van der Waals surface area contributed by atoms with Gasteiger partial charge in [-0.2, -0.15) is 0 Å². The van der Waals surface area contributed by atoms with Crippen LogP contribution in [0.25, 0.3) is 0 Å². The molecule has 88 valence electrons. The van der Waals surface area contributed by atoms with E-state index in [1.54, 1.807) is 0 Å². The summed E-state index contributed by atoms with van der Waals surface area (Å²) in [6.45, 7) is 0. The van der Waals surface area contributed by atoms with Gasteiger partial charge in [-0.15, -0.1) is 0 Å². The van der Waals surface area contributed by atoms with Crippen molar-refractivity contribution in [2.75, 3.05) is 0 Å². The third kappa shape index (κ3) is 3.45. The Morgan fingerprint density at radius 1 is 1.06 bits per heavy atom. The summed E-state index contributed by atoms with van der Waals surface area (Å²) in [5.41, 5.74) is 7.70. The van der Waals surface area contributed by atoms with Gasteiger partial charge in [0.2, 0.25) is 0 Å². The molecular weight excluding hydrogens is 309 g/mol. The molecule has 0 amide bonds. The van der Waals surface area contributed by atoms with Gasteiger partial charge < -0.3 is 5.73 Å². The fourth-order valence-electron chi connectivity index (χ4n) is 2.59. The Kier molecular flexibility index (Phi) is 4.65. The topological polar surface area (TPSA) is 26.0 Å². The minimum absolute atomic E-state index is 0.418. The first-order valence-electron chi connectivity index (χ1n) is 6.26. The summed E-state index contributed by atoms with van der Waals surface area (Å²) in [5, 5.41) is 0. The van der Waals surface area contributed by atoms with Crippen molar-refractivity contribution >= 4 is 22.6 Å². The molecule has 1 aromatic rings. The largest absolute Gasteiger partial charge is 0.327 e. The Balaban J connectivity index is 1.99. The molecule has 2 heteroatoms. The minimum atomic E-state index is 0.418. The number of hydrogen-bond donors (Lipinski definition) is 1. The SMILES string of the molecule is NC1CCCCCC1Cc1ccc(I)cc1. The van der Waals surface area contributed by atoms with Crippen molar-refractivity contribution < 1.29 is 0 Å². The van der Waals surface area contributed by atoms with Gasteiger partial charge in [-0.25, -0.2) is 0 Å². The van der Waals surface area contributed by atoms with E-state index in [1.165, 1.54) is 41.2 Å². The van der Waals surface area contributed by atoms with Gasteiger partial charge in [-0.05, 0) is 65.5 Å². The van der Waals surface area contributed by atoms with Gasteiger partial charge in [-0.3, -0.25) is 0 Å². The number of hydrogen-bond acceptors (Lipinski definition) is 1. The van der Waals surface area contributed by atoms with Gasteiger partial charge in [0, 0.05) is 9.61 Å². The maximum Gasteiger partial charge on any atom is 0.0130 e. The number of benzene rings is 1. The quantitative estimate of drug-likeness (QED) is 0.649. The summed E-state index contributed by atoms with van der Waals surface area (Å²) in [5.74, 6) is 0.697. The van der Waals surface area contributed by atoms with Gasteiger partial charge in [0.15, 0.2) is 0 Å². The van der Waals surface area contributed by atoms with E-state index in [0.717, 1.165) is 6.42 Å². The molecule has 1 fully saturated rings. The van der Waals surface area contributed by atoms with Crippen molar-refractivity contribution in [2.45, 2.75) is 44.6 Å². The number of nitrogens with two attached hydrogens (primary N) is 1. The lowest BCUT2D eigenvalue weighted by atomic mass is 9.89. The van der Waals surface area contributed by atoms with Crippen molar-refractivity contribution in [1.82, 2.24) is 0 Å². The summed E-state index contributed by atoms with van der Waals surface area (Å²) >= 11 is 2.35. The van der Waals surface area contributed by atoms with Crippen molar-refractivity contribution in [3.8, 4) is 0 Å². The number of rotatable bonds is 2. The van der Waals surface area contributed by atoms with E-state index in [9.17, 15) is 0 Å². The first-order chi connectivity index (χ1) is 7.75. The van der Waals surface area contributed by atoms with E-state index in [0.29, 0.717) is 12.0 Å². The van der Waals surface area contributed by atoms with Gasteiger partial charge in [-0.1, -0.05) is 31.4 Å². The highest BCUT2D eigenvalue weighted by atomic mass is 127. The molecule has 16 heavy (non-hydrogen) atoms. The molecule has 2 atom stereocenters. The zero-order chi connectivity index (χ0) is 11.4. The lowest BCUT2D eigenvalue weighted by Crippen LogP contribution is -2.30. The van der Waals surface area contributed by atoms with Crippen molar-refractivity contribution in [1.29, 1.82) is 0 Å². The van der Waals surface area contributed by atoms with Crippen LogP contribution >= 0.6 is 22.6 Å². The fraction of sp³-hybridized carbons (Fsp3) is 0.571. The average Bonchev–Trinajstić information content (AvgIpc) is 2.48. The molecule has 0 aromatic heterocycles. The highest BCUT2D eigenvalue weighted by Crippen LogP contribution is 2.25. The molecule has 2 rings (SSSR count). The van der Waals surface area contributed by atoms with E-state index in [2.05, 4.69) is 46.9 Å². The minimum Gasteiger partial charge on any atom is -0.327 e. The molecule has 0 aliphatic heterocycles. The standard InChI is InChI=1S/C14H20IN/c15-13-8-6-11(7-9-13)10-12-4-2-1-3-5-14(12)16/h6-9,12,14H,1-5,10,16H2. The Bertz CT molecular complexity index is 320. The molecule has 2 unspecified atom stereocenters. The molecule has 1 aliphatic rings. The summed E-state index contributed by atoms with van der Waals surface area (Å²) in [6.07, 6.45) is 7.75. The van der Waals surface area contributed by atoms with Crippen LogP contribution in [0.1, 0.15) is 37.7 Å². The Hall–Kier alpha value is -0.0900. The summed E-state index contributed by atoms with van der Waals surface area (Å²) in [6, 6.07) is 9.30. The third-order valence-electron chi connectivity index (χ3n) is 3.63. The van der Waals surface area contributed by atoms with Gasteiger partial charge >= 0.3 is 0 Å². The zero-order valence-corrected chi connectivity index (χ0v) is 11.8. The predicted octanol–water partition coefficient (Wildman–Crippen LogP) is 3.74. The zero-order valence-electron chi connectivity index (χ0n) is 9.66. The molecule has 0 radical (unpaired) electrons. The second kappa shape index (κ2) is 6.01. The molecule has 1 aromatic carbocycles. The van der Waals surface area contributed by atoms with Crippen LogP contribution in [0.15, 0.2) is 24.3 Å². The Labute approximate surface area is 112 Å². The molecule has 0 bridgehead atoms. The smallest absolute Gasteiger partial charge is 0.0130 e. The highest BCUT2D eigenvalue weighted by Gasteiger charge is 2.20. The molecular formula is C14H20IN. The first kappa shape index (κ1) is 12.4. The van der Waals surface area contributed by atoms with Crippen LogP contribution in [0, 0.1) is 9.49 Å². The van der Waals surface area contributed by atoms with E-state index in [4.69, 9.17) is 5.73 Å². The molecule has 0 heterocycles. The lowest BCUT2D eigenvalue weighted by molar-refractivity contribution is 0.395. The lowest BCUT2D eigenvalue weighted by Gasteiger charge is -2.21. The van der Waals surface area contributed by atoms with E-state index >= 15 is 0 Å². The maximum absolute atomic E-state index is 6.26. The molecule has 1 aliphatic carbocycles. The average molecular weight is 329 g/mol. The molecule has 1 saturated carbocycles. The van der Waals surface area contributed by atoms with E-state index in [-0.39, 0.29) is 0 Å². The third-order valence-corrected chi connectivity index (χ3v) is 4.35. The molecule has 1 nitrogen and oxygen atoms in total. The number of halogens is 1. The first-order valence-corrected chi connectivity index (χ1v) is 7.33. The van der Waals surface area contributed by atoms with Crippen LogP contribution < -0.4 is 5.73 Å². The van der Waals surface area contributed by atoms with Gasteiger partial charge in [0.25, 0.3) is 0 Å². The monoisotopic (exact) mass is 329 g/mol. The van der Waals surface area contributed by atoms with E-state index in [1.807, 2.05) is 0 Å².